The first-order valence-corrected chi connectivity index (χ1v) is 8.29. The van der Waals surface area contributed by atoms with E-state index < -0.39 is 0 Å². The zero-order valence-electron chi connectivity index (χ0n) is 12.4. The molecule has 1 saturated heterocycles. The van der Waals surface area contributed by atoms with Crippen LogP contribution in [0, 0.1) is 6.92 Å². The third-order valence-electron chi connectivity index (χ3n) is 4.26. The maximum absolute atomic E-state index is 4.41. The fourth-order valence-corrected chi connectivity index (χ4v) is 3.27. The Kier molecular flexibility index (Phi) is 4.70. The molecule has 0 bridgehead atoms. The Morgan fingerprint density at radius 2 is 2.00 bits per heavy atom. The SMILES string of the molecule is Cc1c(Br)cccc1CN1CCN(C2=NC=NCC2)CC1. The van der Waals surface area contributed by atoms with Gasteiger partial charge in [-0.2, -0.15) is 0 Å². The minimum atomic E-state index is 0.885. The molecule has 1 aromatic carbocycles. The number of amidine groups is 1. The van der Waals surface area contributed by atoms with E-state index in [9.17, 15) is 0 Å². The monoisotopic (exact) mass is 348 g/mol. The van der Waals surface area contributed by atoms with Gasteiger partial charge in [0.1, 0.15) is 12.2 Å². The Morgan fingerprint density at radius 1 is 1.19 bits per heavy atom. The highest BCUT2D eigenvalue weighted by atomic mass is 79.9. The van der Waals surface area contributed by atoms with Gasteiger partial charge in [-0.1, -0.05) is 28.1 Å². The molecule has 0 spiro atoms. The highest BCUT2D eigenvalue weighted by Crippen LogP contribution is 2.21. The van der Waals surface area contributed by atoms with Crippen LogP contribution in [0.3, 0.4) is 0 Å². The maximum atomic E-state index is 4.41. The average Bonchev–Trinajstić information content (AvgIpc) is 2.53. The molecule has 2 aliphatic heterocycles. The molecule has 0 aromatic heterocycles. The lowest BCUT2D eigenvalue weighted by molar-refractivity contribution is 0.173. The van der Waals surface area contributed by atoms with Gasteiger partial charge < -0.3 is 4.90 Å². The first-order valence-electron chi connectivity index (χ1n) is 7.50. The Labute approximate surface area is 134 Å². The summed E-state index contributed by atoms with van der Waals surface area (Å²) < 4.78 is 1.20. The quantitative estimate of drug-likeness (QED) is 0.822. The number of rotatable bonds is 2. The van der Waals surface area contributed by atoms with Gasteiger partial charge in [0, 0.05) is 50.2 Å². The van der Waals surface area contributed by atoms with Crippen LogP contribution in [-0.2, 0) is 6.54 Å². The third-order valence-corrected chi connectivity index (χ3v) is 5.12. The summed E-state index contributed by atoms with van der Waals surface area (Å²) in [6.07, 6.45) is 2.69. The van der Waals surface area contributed by atoms with Crippen LogP contribution in [-0.4, -0.2) is 54.7 Å². The molecule has 0 radical (unpaired) electrons. The van der Waals surface area contributed by atoms with Crippen molar-refractivity contribution in [1.29, 1.82) is 0 Å². The van der Waals surface area contributed by atoms with Gasteiger partial charge in [0.25, 0.3) is 0 Å². The fraction of sp³-hybridized carbons (Fsp3) is 0.500. The van der Waals surface area contributed by atoms with Crippen molar-refractivity contribution in [2.24, 2.45) is 9.98 Å². The molecule has 0 amide bonds. The molecule has 0 N–H and O–H groups in total. The van der Waals surface area contributed by atoms with E-state index in [4.69, 9.17) is 0 Å². The molecule has 3 rings (SSSR count). The van der Waals surface area contributed by atoms with E-state index >= 15 is 0 Å². The summed E-state index contributed by atoms with van der Waals surface area (Å²) >= 11 is 3.62. The highest BCUT2D eigenvalue weighted by molar-refractivity contribution is 9.10. The van der Waals surface area contributed by atoms with Crippen LogP contribution in [0.15, 0.2) is 32.7 Å². The number of hydrogen-bond donors (Lipinski definition) is 0. The zero-order valence-corrected chi connectivity index (χ0v) is 14.0. The minimum absolute atomic E-state index is 0.885. The number of piperazine rings is 1. The summed E-state index contributed by atoms with van der Waals surface area (Å²) in [6, 6.07) is 6.46. The highest BCUT2D eigenvalue weighted by Gasteiger charge is 2.20. The van der Waals surface area contributed by atoms with Crippen LogP contribution in [0.25, 0.3) is 0 Å². The van der Waals surface area contributed by atoms with E-state index in [0.717, 1.165) is 45.7 Å². The summed E-state index contributed by atoms with van der Waals surface area (Å²) in [5.74, 6) is 1.21. The third kappa shape index (κ3) is 3.52. The average molecular weight is 349 g/mol. The van der Waals surface area contributed by atoms with Gasteiger partial charge in [-0.05, 0) is 24.1 Å². The van der Waals surface area contributed by atoms with E-state index in [1.54, 1.807) is 6.34 Å². The molecule has 2 aliphatic rings. The lowest BCUT2D eigenvalue weighted by atomic mass is 10.1. The first-order chi connectivity index (χ1) is 10.2. The number of halogens is 1. The molecule has 4 nitrogen and oxygen atoms in total. The summed E-state index contributed by atoms with van der Waals surface area (Å²) in [5, 5.41) is 0. The molecule has 5 heteroatoms. The van der Waals surface area contributed by atoms with E-state index in [0.29, 0.717) is 0 Å². The van der Waals surface area contributed by atoms with Gasteiger partial charge in [0.15, 0.2) is 0 Å². The Hall–Kier alpha value is -1.20. The van der Waals surface area contributed by atoms with Crippen molar-refractivity contribution >= 4 is 28.1 Å². The molecular formula is C16H21BrN4. The van der Waals surface area contributed by atoms with Crippen molar-refractivity contribution < 1.29 is 0 Å². The number of benzene rings is 1. The zero-order chi connectivity index (χ0) is 14.7. The van der Waals surface area contributed by atoms with Crippen molar-refractivity contribution in [3.63, 3.8) is 0 Å². The summed E-state index contributed by atoms with van der Waals surface area (Å²) in [5.41, 5.74) is 2.77. The topological polar surface area (TPSA) is 31.2 Å². The number of nitrogens with zero attached hydrogens (tertiary/aromatic N) is 4. The van der Waals surface area contributed by atoms with Crippen LogP contribution in [0.2, 0.25) is 0 Å². The second-order valence-corrected chi connectivity index (χ2v) is 6.46. The van der Waals surface area contributed by atoms with Gasteiger partial charge in [-0.15, -0.1) is 0 Å². The van der Waals surface area contributed by atoms with Crippen molar-refractivity contribution in [3.05, 3.63) is 33.8 Å². The summed E-state index contributed by atoms with van der Waals surface area (Å²) in [6.45, 7) is 8.44. The second-order valence-electron chi connectivity index (χ2n) is 5.60. The van der Waals surface area contributed by atoms with Crippen molar-refractivity contribution in [1.82, 2.24) is 9.80 Å². The fourth-order valence-electron chi connectivity index (χ4n) is 2.86. The molecule has 0 unspecified atom stereocenters. The largest absolute Gasteiger partial charge is 0.357 e. The van der Waals surface area contributed by atoms with Gasteiger partial charge >= 0.3 is 0 Å². The van der Waals surface area contributed by atoms with Gasteiger partial charge in [0.05, 0.1) is 0 Å². The van der Waals surface area contributed by atoms with Crippen LogP contribution in [0.5, 0.6) is 0 Å². The molecule has 0 atom stereocenters. The molecular weight excluding hydrogens is 328 g/mol. The number of aliphatic imine (C=N–C) groups is 2. The predicted octanol–water partition coefficient (Wildman–Crippen LogP) is 2.71. The second kappa shape index (κ2) is 6.71. The minimum Gasteiger partial charge on any atom is -0.357 e. The smallest absolute Gasteiger partial charge is 0.111 e. The van der Waals surface area contributed by atoms with E-state index in [-0.39, 0.29) is 0 Å². The molecule has 21 heavy (non-hydrogen) atoms. The summed E-state index contributed by atoms with van der Waals surface area (Å²) in [4.78, 5) is 13.5. The Bertz CT molecular complexity index is 559. The lowest BCUT2D eigenvalue weighted by Crippen LogP contribution is -2.48. The molecule has 1 aromatic rings. The normalized spacial score (nSPS) is 19.7. The number of hydrogen-bond acceptors (Lipinski definition) is 4. The van der Waals surface area contributed by atoms with Crippen molar-refractivity contribution in [2.75, 3.05) is 32.7 Å². The maximum Gasteiger partial charge on any atom is 0.111 e. The van der Waals surface area contributed by atoms with Crippen LogP contribution in [0.4, 0.5) is 0 Å². The van der Waals surface area contributed by atoms with E-state index in [2.05, 4.69) is 60.8 Å². The van der Waals surface area contributed by atoms with Crippen molar-refractivity contribution in [2.45, 2.75) is 19.9 Å². The molecule has 1 fully saturated rings. The van der Waals surface area contributed by atoms with E-state index in [1.807, 2.05) is 0 Å². The van der Waals surface area contributed by atoms with E-state index in [1.165, 1.54) is 21.4 Å². The Morgan fingerprint density at radius 3 is 2.71 bits per heavy atom. The van der Waals surface area contributed by atoms with Crippen molar-refractivity contribution in [3.8, 4) is 0 Å². The van der Waals surface area contributed by atoms with Crippen LogP contribution >= 0.6 is 15.9 Å². The molecule has 0 aliphatic carbocycles. The molecule has 0 saturated carbocycles. The van der Waals surface area contributed by atoms with Crippen LogP contribution in [0.1, 0.15) is 17.5 Å². The Balaban J connectivity index is 1.57. The van der Waals surface area contributed by atoms with Gasteiger partial charge in [-0.25, -0.2) is 4.99 Å². The first kappa shape index (κ1) is 14.7. The summed E-state index contributed by atoms with van der Waals surface area (Å²) in [7, 11) is 0. The molecule has 2 heterocycles. The van der Waals surface area contributed by atoms with Crippen LogP contribution < -0.4 is 0 Å². The lowest BCUT2D eigenvalue weighted by Gasteiger charge is -2.37. The predicted molar refractivity (Wildman–Crippen MR) is 91.1 cm³/mol. The molecule has 112 valence electrons. The van der Waals surface area contributed by atoms with Gasteiger partial charge in [-0.3, -0.25) is 9.89 Å². The van der Waals surface area contributed by atoms with Gasteiger partial charge in [0.2, 0.25) is 0 Å². The standard InChI is InChI=1S/C16H21BrN4/c1-13-14(3-2-4-15(13)17)11-20-7-9-21(10-8-20)16-5-6-18-12-19-16/h2-4,12H,5-11H2,1H3.